The highest BCUT2D eigenvalue weighted by molar-refractivity contribution is 5.94. The van der Waals surface area contributed by atoms with Gasteiger partial charge in [-0.1, -0.05) is 72.3 Å². The molecule has 4 nitrogen and oxygen atoms in total. The van der Waals surface area contributed by atoms with Crippen LogP contribution < -0.4 is 15.4 Å². The number of carbonyl (C=O) groups excluding carboxylic acids is 1. The van der Waals surface area contributed by atoms with Gasteiger partial charge in [-0.25, -0.2) is 0 Å². The predicted octanol–water partition coefficient (Wildman–Crippen LogP) is 3.68. The highest BCUT2D eigenvalue weighted by Crippen LogP contribution is 2.23. The van der Waals surface area contributed by atoms with Crippen molar-refractivity contribution in [2.45, 2.75) is 25.9 Å². The van der Waals surface area contributed by atoms with Crippen LogP contribution in [0.1, 0.15) is 29.7 Å². The number of rotatable bonds is 7. The minimum atomic E-state index is -0.281. The molecule has 0 bridgehead atoms. The Morgan fingerprint density at radius 1 is 0.893 bits per heavy atom. The van der Waals surface area contributed by atoms with E-state index >= 15 is 0 Å². The van der Waals surface area contributed by atoms with Crippen LogP contribution in [-0.4, -0.2) is 19.1 Å². The van der Waals surface area contributed by atoms with Gasteiger partial charge >= 0.3 is 0 Å². The Morgan fingerprint density at radius 3 is 2.18 bits per heavy atom. The summed E-state index contributed by atoms with van der Waals surface area (Å²) in [5.74, 6) is 0.596. The molecule has 0 aliphatic carbocycles. The number of hydrogen-bond donors (Lipinski definition) is 2. The van der Waals surface area contributed by atoms with Crippen molar-refractivity contribution in [2.24, 2.45) is 0 Å². The van der Waals surface area contributed by atoms with Gasteiger partial charge in [-0.2, -0.15) is 0 Å². The van der Waals surface area contributed by atoms with E-state index in [-0.39, 0.29) is 18.0 Å². The maximum absolute atomic E-state index is 12.8. The minimum Gasteiger partial charge on any atom is -0.495 e. The summed E-state index contributed by atoms with van der Waals surface area (Å²) in [6.45, 7) is 4.00. The average Bonchev–Trinajstić information content (AvgIpc) is 2.73. The number of carbonyl (C=O) groups is 1. The summed E-state index contributed by atoms with van der Waals surface area (Å²) < 4.78 is 5.33. The van der Waals surface area contributed by atoms with Crippen molar-refractivity contribution in [1.29, 1.82) is 0 Å². The van der Waals surface area contributed by atoms with E-state index in [4.69, 9.17) is 4.74 Å². The van der Waals surface area contributed by atoms with Crippen molar-refractivity contribution in [3.05, 3.63) is 95.6 Å². The van der Waals surface area contributed by atoms with Crippen LogP contribution in [0.25, 0.3) is 0 Å². The molecule has 0 radical (unpaired) electrons. The summed E-state index contributed by atoms with van der Waals surface area (Å²) in [6.07, 6.45) is 0. The molecule has 0 aliphatic heterocycles. The van der Waals surface area contributed by atoms with E-state index in [1.807, 2.05) is 49.4 Å². The van der Waals surface area contributed by atoms with Gasteiger partial charge < -0.3 is 15.4 Å². The number of hydrogen-bond acceptors (Lipinski definition) is 2. The Hall–Kier alpha value is -3.11. The number of ether oxygens (including phenoxy) is 1. The first-order valence-electron chi connectivity index (χ1n) is 9.49. The average molecular weight is 375 g/mol. The molecule has 3 aromatic carbocycles. The predicted molar refractivity (Wildman–Crippen MR) is 112 cm³/mol. The summed E-state index contributed by atoms with van der Waals surface area (Å²) in [4.78, 5) is 12.8. The van der Waals surface area contributed by atoms with Crippen LogP contribution >= 0.6 is 0 Å². The number of para-hydroxylation sites is 2. The van der Waals surface area contributed by atoms with Crippen LogP contribution in [0, 0.1) is 6.92 Å². The van der Waals surface area contributed by atoms with Crippen LogP contribution in [0.15, 0.2) is 78.9 Å². The van der Waals surface area contributed by atoms with Gasteiger partial charge in [0.2, 0.25) is 0 Å². The third-order valence-corrected chi connectivity index (χ3v) is 4.85. The van der Waals surface area contributed by atoms with E-state index in [0.29, 0.717) is 11.4 Å². The Kier molecular flexibility index (Phi) is 6.45. The van der Waals surface area contributed by atoms with Crippen molar-refractivity contribution < 1.29 is 14.8 Å². The zero-order valence-electron chi connectivity index (χ0n) is 16.6. The van der Waals surface area contributed by atoms with E-state index in [1.165, 1.54) is 16.7 Å². The van der Waals surface area contributed by atoms with Crippen LogP contribution in [0.2, 0.25) is 0 Å². The largest absolute Gasteiger partial charge is 0.495 e. The molecule has 0 heterocycles. The number of methoxy groups -OCH3 is 1. The molecular weight excluding hydrogens is 348 g/mol. The first-order valence-corrected chi connectivity index (χ1v) is 9.49. The molecule has 3 rings (SSSR count). The maximum atomic E-state index is 12.8. The standard InChI is InChI=1S/C24H26N2O2/c1-17-13-15-20(16-14-17)23(19-9-5-4-6-10-19)25-18(2)24(27)26-21-11-7-8-12-22(21)28-3/h4-16,18,23,25H,1-3H3,(H,26,27)/p+1/t18-,23+/m0/s1. The number of aryl methyl sites for hydroxylation is 1. The fourth-order valence-electron chi connectivity index (χ4n) is 3.22. The first kappa shape index (κ1) is 19.6. The maximum Gasteiger partial charge on any atom is 0.282 e. The fraction of sp³-hybridized carbons (Fsp3) is 0.208. The summed E-state index contributed by atoms with van der Waals surface area (Å²) in [6, 6.07) is 26.0. The molecule has 28 heavy (non-hydrogen) atoms. The third kappa shape index (κ3) is 4.78. The van der Waals surface area contributed by atoms with Gasteiger partial charge in [-0.3, -0.25) is 4.79 Å². The van der Waals surface area contributed by atoms with Crippen LogP contribution in [0.3, 0.4) is 0 Å². The monoisotopic (exact) mass is 375 g/mol. The van der Waals surface area contributed by atoms with Gasteiger partial charge in [0.1, 0.15) is 11.8 Å². The number of quaternary nitrogens is 1. The van der Waals surface area contributed by atoms with Gasteiger partial charge in [0.15, 0.2) is 6.04 Å². The second kappa shape index (κ2) is 9.20. The molecule has 2 atom stereocenters. The quantitative estimate of drug-likeness (QED) is 0.662. The van der Waals surface area contributed by atoms with Gasteiger partial charge in [0.25, 0.3) is 5.91 Å². The molecule has 0 saturated carbocycles. The summed E-state index contributed by atoms with van der Waals surface area (Å²) in [5.41, 5.74) is 4.25. The normalized spacial score (nSPS) is 12.8. The van der Waals surface area contributed by atoms with Gasteiger partial charge in [-0.15, -0.1) is 0 Å². The Bertz CT molecular complexity index is 907. The van der Waals surface area contributed by atoms with Crippen molar-refractivity contribution in [2.75, 3.05) is 12.4 Å². The Balaban J connectivity index is 1.80. The topological polar surface area (TPSA) is 54.9 Å². The zero-order chi connectivity index (χ0) is 19.9. The summed E-state index contributed by atoms with van der Waals surface area (Å²) in [5, 5.41) is 5.09. The molecule has 4 heteroatoms. The summed E-state index contributed by atoms with van der Waals surface area (Å²) >= 11 is 0. The number of nitrogens with two attached hydrogens (primary N) is 1. The van der Waals surface area contributed by atoms with Gasteiger partial charge in [0, 0.05) is 11.1 Å². The number of benzene rings is 3. The van der Waals surface area contributed by atoms with E-state index in [0.717, 1.165) is 0 Å². The molecule has 3 aromatic rings. The molecule has 3 N–H and O–H groups in total. The molecule has 144 valence electrons. The number of anilines is 1. The van der Waals surface area contributed by atoms with Crippen molar-refractivity contribution in [3.8, 4) is 5.75 Å². The first-order chi connectivity index (χ1) is 13.6. The lowest BCUT2D eigenvalue weighted by Gasteiger charge is -2.21. The van der Waals surface area contributed by atoms with Crippen LogP contribution in [0.5, 0.6) is 5.75 Å². The third-order valence-electron chi connectivity index (χ3n) is 4.85. The lowest BCUT2D eigenvalue weighted by atomic mass is 9.97. The highest BCUT2D eigenvalue weighted by atomic mass is 16.5. The molecule has 0 fully saturated rings. The van der Waals surface area contributed by atoms with Gasteiger partial charge in [-0.05, 0) is 26.0 Å². The van der Waals surface area contributed by atoms with E-state index in [2.05, 4.69) is 54.0 Å². The van der Waals surface area contributed by atoms with E-state index < -0.39 is 0 Å². The van der Waals surface area contributed by atoms with E-state index in [1.54, 1.807) is 7.11 Å². The lowest BCUT2D eigenvalue weighted by molar-refractivity contribution is -0.704. The van der Waals surface area contributed by atoms with Gasteiger partial charge in [0.05, 0.1) is 12.8 Å². The Morgan fingerprint density at radius 2 is 1.50 bits per heavy atom. The van der Waals surface area contributed by atoms with E-state index in [9.17, 15) is 4.79 Å². The smallest absolute Gasteiger partial charge is 0.282 e. The van der Waals surface area contributed by atoms with Crippen molar-refractivity contribution in [1.82, 2.24) is 0 Å². The minimum absolute atomic E-state index is 0.0419. The fourth-order valence-corrected chi connectivity index (χ4v) is 3.22. The Labute approximate surface area is 166 Å². The SMILES string of the molecule is COc1ccccc1NC(=O)[C@H](C)[NH2+][C@H](c1ccccc1)c1ccc(C)cc1. The zero-order valence-corrected chi connectivity index (χ0v) is 16.6. The van der Waals surface area contributed by atoms with Crippen molar-refractivity contribution >= 4 is 11.6 Å². The second-order valence-corrected chi connectivity index (χ2v) is 6.97. The molecule has 0 aromatic heterocycles. The molecule has 0 unspecified atom stereocenters. The van der Waals surface area contributed by atoms with Crippen LogP contribution in [-0.2, 0) is 4.79 Å². The second-order valence-electron chi connectivity index (χ2n) is 6.97. The lowest BCUT2D eigenvalue weighted by Crippen LogP contribution is -2.92. The molecule has 0 aliphatic rings. The number of amides is 1. The highest BCUT2D eigenvalue weighted by Gasteiger charge is 2.25. The molecule has 0 saturated heterocycles. The molecular formula is C24H27N2O2+. The molecule has 1 amide bonds. The van der Waals surface area contributed by atoms with Crippen molar-refractivity contribution in [3.63, 3.8) is 0 Å². The van der Waals surface area contributed by atoms with Crippen LogP contribution in [0.4, 0.5) is 5.69 Å². The molecule has 0 spiro atoms. The summed E-state index contributed by atoms with van der Waals surface area (Å²) in [7, 11) is 1.60. The number of nitrogens with one attached hydrogen (secondary N) is 1.